The smallest absolute Gasteiger partial charge is 0.334 e. The first-order chi connectivity index (χ1) is 20.4. The first-order valence-corrected chi connectivity index (χ1v) is 13.5. The fraction of sp³-hybridized carbons (Fsp3) is 0.233. The summed E-state index contributed by atoms with van der Waals surface area (Å²) < 4.78 is 1.73. The number of hydrogen-bond donors (Lipinski definition) is 4. The molecule has 1 amide bonds. The maximum absolute atomic E-state index is 13.2. The van der Waals surface area contributed by atoms with Crippen LogP contribution >= 0.6 is 0 Å². The number of aliphatic carboxylic acids is 1. The lowest BCUT2D eigenvalue weighted by molar-refractivity contribution is -0.148. The maximum atomic E-state index is 13.2. The summed E-state index contributed by atoms with van der Waals surface area (Å²) in [6.07, 6.45) is 1.66. The van der Waals surface area contributed by atoms with Crippen LogP contribution in [0.4, 0.5) is 0 Å². The normalized spacial score (nSPS) is 12.5. The average Bonchev–Trinajstić information content (AvgIpc) is 3.68. The van der Waals surface area contributed by atoms with Crippen LogP contribution in [0.1, 0.15) is 40.8 Å². The monoisotopic (exact) mass is 566 g/mol. The Bertz CT molecular complexity index is 1640. The van der Waals surface area contributed by atoms with Gasteiger partial charge in [-0.1, -0.05) is 74.0 Å². The SMILES string of the molecule is CCCc1cc(C(=O)NC(Cc2ccccc2)C(O)C(=O)O)nn1Cc1ccc(-c2ccccc2-c2nnn[nH]2)cn1. The molecule has 0 spiro atoms. The van der Waals surface area contributed by atoms with Crippen LogP contribution in [0.25, 0.3) is 22.5 Å². The van der Waals surface area contributed by atoms with E-state index in [-0.39, 0.29) is 12.1 Å². The Balaban J connectivity index is 1.34. The number of nitrogens with zero attached hydrogens (tertiary/aromatic N) is 6. The molecule has 0 fully saturated rings. The van der Waals surface area contributed by atoms with Crippen molar-refractivity contribution < 1.29 is 19.8 Å². The molecule has 4 N–H and O–H groups in total. The van der Waals surface area contributed by atoms with E-state index >= 15 is 0 Å². The van der Waals surface area contributed by atoms with Gasteiger partial charge in [0.25, 0.3) is 5.91 Å². The number of aliphatic hydroxyl groups is 1. The van der Waals surface area contributed by atoms with Crippen LogP contribution in [-0.2, 0) is 24.2 Å². The summed E-state index contributed by atoms with van der Waals surface area (Å²) in [5, 5.41) is 41.1. The third-order valence-electron chi connectivity index (χ3n) is 6.83. The number of aliphatic hydroxyl groups excluding tert-OH is 1. The minimum absolute atomic E-state index is 0.139. The van der Waals surface area contributed by atoms with Crippen molar-refractivity contribution in [3.63, 3.8) is 0 Å². The number of tetrazole rings is 1. The highest BCUT2D eigenvalue weighted by Gasteiger charge is 2.29. The molecule has 5 rings (SSSR count). The molecule has 2 aromatic carbocycles. The van der Waals surface area contributed by atoms with E-state index < -0.39 is 24.0 Å². The highest BCUT2D eigenvalue weighted by atomic mass is 16.4. The van der Waals surface area contributed by atoms with Crippen LogP contribution in [0.2, 0.25) is 0 Å². The highest BCUT2D eigenvalue weighted by Crippen LogP contribution is 2.29. The van der Waals surface area contributed by atoms with Crippen LogP contribution in [0.15, 0.2) is 79.0 Å². The molecule has 12 nitrogen and oxygen atoms in total. The molecule has 0 aliphatic rings. The van der Waals surface area contributed by atoms with E-state index in [1.165, 1.54) is 0 Å². The third kappa shape index (κ3) is 6.56. The molecular weight excluding hydrogens is 536 g/mol. The molecule has 2 atom stereocenters. The van der Waals surface area contributed by atoms with Crippen molar-refractivity contribution in [1.82, 2.24) is 40.7 Å². The molecule has 3 heterocycles. The number of amides is 1. The quantitative estimate of drug-likeness (QED) is 0.177. The largest absolute Gasteiger partial charge is 0.479 e. The summed E-state index contributed by atoms with van der Waals surface area (Å²) in [7, 11) is 0. The van der Waals surface area contributed by atoms with E-state index in [1.807, 2.05) is 73.7 Å². The first-order valence-electron chi connectivity index (χ1n) is 13.5. The fourth-order valence-electron chi connectivity index (χ4n) is 4.73. The molecule has 0 aliphatic heterocycles. The van der Waals surface area contributed by atoms with E-state index in [1.54, 1.807) is 16.9 Å². The number of carbonyl (C=O) groups is 2. The van der Waals surface area contributed by atoms with Crippen molar-refractivity contribution in [3.8, 4) is 22.5 Å². The average molecular weight is 567 g/mol. The number of aromatic amines is 1. The number of benzene rings is 2. The van der Waals surface area contributed by atoms with E-state index in [4.69, 9.17) is 0 Å². The van der Waals surface area contributed by atoms with Gasteiger partial charge in [0, 0.05) is 23.0 Å². The van der Waals surface area contributed by atoms with Crippen LogP contribution < -0.4 is 5.32 Å². The van der Waals surface area contributed by atoms with Gasteiger partial charge in [0.15, 0.2) is 11.9 Å². The fourth-order valence-corrected chi connectivity index (χ4v) is 4.73. The lowest BCUT2D eigenvalue weighted by Gasteiger charge is -2.21. The molecular formula is C30H30N8O4. The Labute approximate surface area is 241 Å². The van der Waals surface area contributed by atoms with Crippen LogP contribution in [0.3, 0.4) is 0 Å². The predicted octanol–water partition coefficient (Wildman–Crippen LogP) is 2.91. The van der Waals surface area contributed by atoms with Crippen LogP contribution in [0, 0.1) is 0 Å². The van der Waals surface area contributed by atoms with Crippen molar-refractivity contribution in [1.29, 1.82) is 0 Å². The summed E-state index contributed by atoms with van der Waals surface area (Å²) in [5.41, 5.74) is 5.18. The van der Waals surface area contributed by atoms with Gasteiger partial charge in [-0.3, -0.25) is 14.5 Å². The van der Waals surface area contributed by atoms with E-state index in [2.05, 4.69) is 36.0 Å². The van der Waals surface area contributed by atoms with Gasteiger partial charge in [0.2, 0.25) is 0 Å². The molecule has 12 heteroatoms. The summed E-state index contributed by atoms with van der Waals surface area (Å²) in [6.45, 7) is 2.37. The maximum Gasteiger partial charge on any atom is 0.334 e. The zero-order chi connectivity index (χ0) is 29.5. The Kier molecular flexibility index (Phi) is 8.73. The number of aromatic nitrogens is 7. The lowest BCUT2D eigenvalue weighted by atomic mass is 10.0. The number of carbonyl (C=O) groups excluding carboxylic acids is 1. The van der Waals surface area contributed by atoms with Crippen molar-refractivity contribution in [3.05, 3.63) is 102 Å². The van der Waals surface area contributed by atoms with Gasteiger partial charge < -0.3 is 15.5 Å². The van der Waals surface area contributed by atoms with Gasteiger partial charge in [-0.15, -0.1) is 5.10 Å². The Morgan fingerprint density at radius 3 is 2.45 bits per heavy atom. The van der Waals surface area contributed by atoms with Gasteiger partial charge in [0.05, 0.1) is 18.3 Å². The van der Waals surface area contributed by atoms with E-state index in [0.29, 0.717) is 18.8 Å². The zero-order valence-electron chi connectivity index (χ0n) is 22.9. The van der Waals surface area contributed by atoms with Gasteiger partial charge in [-0.2, -0.15) is 5.10 Å². The molecule has 0 radical (unpaired) electrons. The number of aryl methyl sites for hydroxylation is 1. The standard InChI is InChI=1S/C30H30N8O4/c1-2-8-22-16-26(29(40)32-25(27(39)30(41)42)15-19-9-4-3-5-10-19)35-38(22)18-21-14-13-20(17-31-21)23-11-6-7-12-24(23)28-33-36-37-34-28/h3-7,9-14,16-17,25,27,39H,2,8,15,18H2,1H3,(H,32,40)(H,41,42)(H,33,34,36,37). The molecule has 0 aliphatic carbocycles. The van der Waals surface area contributed by atoms with Crippen LogP contribution in [-0.4, -0.2) is 69.6 Å². The van der Waals surface area contributed by atoms with Crippen molar-refractivity contribution in [2.24, 2.45) is 0 Å². The topological polar surface area (TPSA) is 172 Å². The molecule has 2 unspecified atom stereocenters. The number of nitrogens with one attached hydrogen (secondary N) is 2. The number of hydrogen-bond acceptors (Lipinski definition) is 8. The van der Waals surface area contributed by atoms with Gasteiger partial charge >= 0.3 is 5.97 Å². The number of rotatable bonds is 12. The number of H-pyrrole nitrogens is 1. The van der Waals surface area contributed by atoms with E-state index in [0.717, 1.165) is 40.1 Å². The number of carboxylic acids is 1. The summed E-state index contributed by atoms with van der Waals surface area (Å²) in [5.74, 6) is -1.42. The summed E-state index contributed by atoms with van der Waals surface area (Å²) >= 11 is 0. The highest BCUT2D eigenvalue weighted by molar-refractivity contribution is 5.93. The lowest BCUT2D eigenvalue weighted by Crippen LogP contribution is -2.48. The number of carboxylic acid groups (broad SMARTS) is 1. The minimum Gasteiger partial charge on any atom is -0.479 e. The first kappa shape index (κ1) is 28.3. The molecule has 0 saturated heterocycles. The molecule has 5 aromatic rings. The van der Waals surface area contributed by atoms with Crippen LogP contribution in [0.5, 0.6) is 0 Å². The second-order valence-electron chi connectivity index (χ2n) is 9.81. The van der Waals surface area contributed by atoms with Crippen molar-refractivity contribution >= 4 is 11.9 Å². The Morgan fingerprint density at radius 1 is 1.02 bits per heavy atom. The van der Waals surface area contributed by atoms with Crippen molar-refractivity contribution in [2.45, 2.75) is 44.9 Å². The molecule has 0 saturated carbocycles. The third-order valence-corrected chi connectivity index (χ3v) is 6.83. The second kappa shape index (κ2) is 13.0. The molecule has 0 bridgehead atoms. The van der Waals surface area contributed by atoms with Gasteiger partial charge in [0.1, 0.15) is 5.69 Å². The van der Waals surface area contributed by atoms with Crippen molar-refractivity contribution in [2.75, 3.05) is 0 Å². The molecule has 214 valence electrons. The minimum atomic E-state index is -1.78. The Morgan fingerprint density at radius 2 is 1.79 bits per heavy atom. The summed E-state index contributed by atoms with van der Waals surface area (Å²) in [6, 6.07) is 21.4. The van der Waals surface area contributed by atoms with Gasteiger partial charge in [-0.25, -0.2) is 9.89 Å². The molecule has 3 aromatic heterocycles. The molecule has 42 heavy (non-hydrogen) atoms. The summed E-state index contributed by atoms with van der Waals surface area (Å²) in [4.78, 5) is 29.4. The van der Waals surface area contributed by atoms with Gasteiger partial charge in [-0.05, 0) is 46.5 Å². The number of pyridine rings is 1. The zero-order valence-corrected chi connectivity index (χ0v) is 22.9. The Hall–Kier alpha value is -5.23. The second-order valence-corrected chi connectivity index (χ2v) is 9.81. The predicted molar refractivity (Wildman–Crippen MR) is 153 cm³/mol. The van der Waals surface area contributed by atoms with E-state index in [9.17, 15) is 19.8 Å².